The molecule has 5 nitrogen and oxygen atoms in total. The number of thioether (sulfide) groups is 1. The van der Waals surface area contributed by atoms with Gasteiger partial charge in [-0.2, -0.15) is 0 Å². The highest BCUT2D eigenvalue weighted by atomic mass is 32.2. The molecule has 0 aliphatic carbocycles. The number of pyridine rings is 2. The van der Waals surface area contributed by atoms with Crippen LogP contribution < -0.4 is 0 Å². The summed E-state index contributed by atoms with van der Waals surface area (Å²) < 4.78 is 2.01. The summed E-state index contributed by atoms with van der Waals surface area (Å²) in [4.78, 5) is 25.1. The summed E-state index contributed by atoms with van der Waals surface area (Å²) in [6, 6.07) is 15.4. The van der Waals surface area contributed by atoms with Gasteiger partial charge in [-0.15, -0.1) is 0 Å². The van der Waals surface area contributed by atoms with Crippen LogP contribution in [0, 0.1) is 0 Å². The van der Waals surface area contributed by atoms with Crippen molar-refractivity contribution in [3.05, 3.63) is 78.2 Å². The van der Waals surface area contributed by atoms with Crippen molar-refractivity contribution >= 4 is 28.7 Å². The van der Waals surface area contributed by atoms with E-state index in [-0.39, 0.29) is 5.78 Å². The number of imidazole rings is 1. The molecular formula is C20H16N4OS. The highest BCUT2D eigenvalue weighted by molar-refractivity contribution is 7.98. The molecular weight excluding hydrogens is 344 g/mol. The normalized spacial score (nSPS) is 11.0. The number of nitrogens with zero attached hydrogens (tertiary/aromatic N) is 4. The van der Waals surface area contributed by atoms with Crippen LogP contribution in [0.1, 0.15) is 22.8 Å². The average Bonchev–Trinajstić information content (AvgIpc) is 3.05. The molecule has 0 fully saturated rings. The number of Topliss-reactive ketones (excluding diaryl/α,β-unsaturated/α-hetero) is 1. The predicted octanol–water partition coefficient (Wildman–Crippen LogP) is 4.31. The third kappa shape index (κ3) is 3.23. The fourth-order valence-electron chi connectivity index (χ4n) is 2.71. The van der Waals surface area contributed by atoms with E-state index in [1.54, 1.807) is 37.3 Å². The minimum absolute atomic E-state index is 0.0372. The molecule has 6 heteroatoms. The van der Waals surface area contributed by atoms with E-state index >= 15 is 0 Å². The van der Waals surface area contributed by atoms with Crippen LogP contribution in [0.15, 0.2) is 72.3 Å². The highest BCUT2D eigenvalue weighted by Crippen LogP contribution is 2.29. The van der Waals surface area contributed by atoms with Crippen molar-refractivity contribution in [2.75, 3.05) is 0 Å². The lowest BCUT2D eigenvalue weighted by Gasteiger charge is -2.09. The summed E-state index contributed by atoms with van der Waals surface area (Å²) in [7, 11) is 0. The molecule has 0 bridgehead atoms. The number of aromatic nitrogens is 4. The van der Waals surface area contributed by atoms with Gasteiger partial charge >= 0.3 is 0 Å². The zero-order chi connectivity index (χ0) is 17.9. The lowest BCUT2D eigenvalue weighted by molar-refractivity contribution is 0.101. The van der Waals surface area contributed by atoms with E-state index in [0.717, 1.165) is 27.8 Å². The molecule has 26 heavy (non-hydrogen) atoms. The smallest absolute Gasteiger partial charge is 0.175 e. The summed E-state index contributed by atoms with van der Waals surface area (Å²) in [6.07, 6.45) is 5.33. The van der Waals surface area contributed by atoms with Crippen molar-refractivity contribution in [2.24, 2.45) is 0 Å². The van der Waals surface area contributed by atoms with Crippen molar-refractivity contribution in [3.63, 3.8) is 0 Å². The summed E-state index contributed by atoms with van der Waals surface area (Å²) in [5.74, 6) is 0.813. The standard InChI is InChI=1S/C20H16N4OS/c1-14(25)16-4-2-5-17(12-16)24-19-18(6-3-9-22-19)23-20(24)26-13-15-7-10-21-11-8-15/h2-12H,13H2,1H3. The molecule has 128 valence electrons. The van der Waals surface area contributed by atoms with Gasteiger partial charge in [-0.3, -0.25) is 14.3 Å². The number of hydrogen-bond donors (Lipinski definition) is 0. The van der Waals surface area contributed by atoms with E-state index in [2.05, 4.69) is 9.97 Å². The van der Waals surface area contributed by atoms with Crippen LogP contribution in [0.2, 0.25) is 0 Å². The molecule has 0 aliphatic heterocycles. The van der Waals surface area contributed by atoms with Crippen LogP contribution in [0.4, 0.5) is 0 Å². The molecule has 0 N–H and O–H groups in total. The van der Waals surface area contributed by atoms with Gasteiger partial charge in [0.25, 0.3) is 0 Å². The Morgan fingerprint density at radius 3 is 2.73 bits per heavy atom. The van der Waals surface area contributed by atoms with Crippen molar-refractivity contribution in [1.82, 2.24) is 19.5 Å². The molecule has 4 rings (SSSR count). The second kappa shape index (κ2) is 7.09. The minimum Gasteiger partial charge on any atom is -0.295 e. The molecule has 0 aliphatic rings. The van der Waals surface area contributed by atoms with Crippen molar-refractivity contribution < 1.29 is 4.79 Å². The molecule has 0 saturated carbocycles. The topological polar surface area (TPSA) is 60.7 Å². The molecule has 4 aromatic rings. The zero-order valence-corrected chi connectivity index (χ0v) is 15.0. The fraction of sp³-hybridized carbons (Fsp3) is 0.100. The number of fused-ring (bicyclic) bond motifs is 1. The molecule has 1 aromatic carbocycles. The molecule has 0 amide bonds. The first-order valence-corrected chi connectivity index (χ1v) is 9.17. The number of carbonyl (C=O) groups is 1. The number of rotatable bonds is 5. The molecule has 0 atom stereocenters. The Bertz CT molecular complexity index is 1080. The molecule has 0 unspecified atom stereocenters. The Balaban J connectivity index is 1.79. The van der Waals surface area contributed by atoms with E-state index < -0.39 is 0 Å². The van der Waals surface area contributed by atoms with Gasteiger partial charge in [-0.1, -0.05) is 23.9 Å². The summed E-state index contributed by atoms with van der Waals surface area (Å²) in [5.41, 5.74) is 4.35. The maximum Gasteiger partial charge on any atom is 0.175 e. The lowest BCUT2D eigenvalue weighted by atomic mass is 10.1. The monoisotopic (exact) mass is 360 g/mol. The van der Waals surface area contributed by atoms with Gasteiger partial charge in [0.05, 0.1) is 5.69 Å². The first-order chi connectivity index (χ1) is 12.7. The van der Waals surface area contributed by atoms with Crippen LogP contribution in [-0.2, 0) is 5.75 Å². The molecule has 0 saturated heterocycles. The van der Waals surface area contributed by atoms with Gasteiger partial charge in [0.1, 0.15) is 5.52 Å². The van der Waals surface area contributed by atoms with Crippen LogP contribution in [0.3, 0.4) is 0 Å². The maximum atomic E-state index is 11.8. The van der Waals surface area contributed by atoms with Crippen LogP contribution in [0.5, 0.6) is 0 Å². The summed E-state index contributed by atoms with van der Waals surface area (Å²) in [5, 5.41) is 0.844. The van der Waals surface area contributed by atoms with Crippen LogP contribution in [-0.4, -0.2) is 25.3 Å². The molecule has 3 heterocycles. The first kappa shape index (κ1) is 16.5. The zero-order valence-electron chi connectivity index (χ0n) is 14.2. The van der Waals surface area contributed by atoms with Crippen LogP contribution >= 0.6 is 11.8 Å². The second-order valence-electron chi connectivity index (χ2n) is 5.83. The van der Waals surface area contributed by atoms with Crippen LogP contribution in [0.25, 0.3) is 16.9 Å². The Morgan fingerprint density at radius 2 is 1.92 bits per heavy atom. The Labute approximate surface area is 155 Å². The van der Waals surface area contributed by atoms with Gasteiger partial charge in [0.2, 0.25) is 0 Å². The summed E-state index contributed by atoms with van der Waals surface area (Å²) >= 11 is 1.63. The molecule has 0 radical (unpaired) electrons. The van der Waals surface area contributed by atoms with Gasteiger partial charge in [-0.05, 0) is 48.9 Å². The number of hydrogen-bond acceptors (Lipinski definition) is 5. The van der Waals surface area contributed by atoms with E-state index in [1.165, 1.54) is 5.56 Å². The van der Waals surface area contributed by atoms with Gasteiger partial charge in [0, 0.05) is 29.9 Å². The first-order valence-electron chi connectivity index (χ1n) is 8.19. The van der Waals surface area contributed by atoms with Crippen molar-refractivity contribution in [2.45, 2.75) is 17.8 Å². The average molecular weight is 360 g/mol. The third-order valence-corrected chi connectivity index (χ3v) is 5.02. The largest absolute Gasteiger partial charge is 0.295 e. The van der Waals surface area contributed by atoms with E-state index in [1.807, 2.05) is 53.1 Å². The van der Waals surface area contributed by atoms with E-state index in [4.69, 9.17) is 4.98 Å². The Morgan fingerprint density at radius 1 is 1.08 bits per heavy atom. The Hall–Kier alpha value is -2.99. The lowest BCUT2D eigenvalue weighted by Crippen LogP contribution is -2.00. The predicted molar refractivity (Wildman–Crippen MR) is 103 cm³/mol. The van der Waals surface area contributed by atoms with Crippen molar-refractivity contribution in [3.8, 4) is 5.69 Å². The number of benzene rings is 1. The van der Waals surface area contributed by atoms with Crippen molar-refractivity contribution in [1.29, 1.82) is 0 Å². The SMILES string of the molecule is CC(=O)c1cccc(-n2c(SCc3ccncc3)nc3cccnc32)c1. The fourth-order valence-corrected chi connectivity index (χ4v) is 3.68. The number of carbonyl (C=O) groups excluding carboxylic acids is 1. The third-order valence-electron chi connectivity index (χ3n) is 4.01. The van der Waals surface area contributed by atoms with Gasteiger partial charge in [0.15, 0.2) is 16.6 Å². The van der Waals surface area contributed by atoms with Gasteiger partial charge < -0.3 is 0 Å². The molecule has 3 aromatic heterocycles. The maximum absolute atomic E-state index is 11.8. The summed E-state index contributed by atoms with van der Waals surface area (Å²) in [6.45, 7) is 1.57. The van der Waals surface area contributed by atoms with E-state index in [9.17, 15) is 4.79 Å². The van der Waals surface area contributed by atoms with E-state index in [0.29, 0.717) is 5.56 Å². The second-order valence-corrected chi connectivity index (χ2v) is 6.77. The quantitative estimate of drug-likeness (QED) is 0.392. The highest BCUT2D eigenvalue weighted by Gasteiger charge is 2.15. The van der Waals surface area contributed by atoms with Gasteiger partial charge in [-0.25, -0.2) is 9.97 Å². The Kier molecular flexibility index (Phi) is 4.50. The minimum atomic E-state index is 0.0372. The number of ketones is 1. The molecule has 0 spiro atoms.